The summed E-state index contributed by atoms with van der Waals surface area (Å²) in [5.74, 6) is 1.01. The van der Waals surface area contributed by atoms with Crippen molar-refractivity contribution in [2.75, 3.05) is 33.9 Å². The summed E-state index contributed by atoms with van der Waals surface area (Å²) in [6.07, 6.45) is 1.76. The van der Waals surface area contributed by atoms with E-state index in [0.717, 1.165) is 11.1 Å². The van der Waals surface area contributed by atoms with Gasteiger partial charge in [-0.05, 0) is 23.3 Å². The number of benzene rings is 1. The molecule has 28 heavy (non-hydrogen) atoms. The lowest BCUT2D eigenvalue weighted by Gasteiger charge is -2.27. The number of aliphatic imine (C=N–C) groups is 1. The quantitative estimate of drug-likeness (QED) is 0.393. The van der Waals surface area contributed by atoms with Crippen LogP contribution in [0, 0.1) is 5.82 Å². The molecule has 0 fully saturated rings. The zero-order chi connectivity index (χ0) is 20.4. The van der Waals surface area contributed by atoms with Crippen LogP contribution in [-0.4, -0.2) is 44.9 Å². The summed E-state index contributed by atoms with van der Waals surface area (Å²) in [7, 11) is 3.35. The second-order valence-corrected chi connectivity index (χ2v) is 7.02. The van der Waals surface area contributed by atoms with E-state index in [9.17, 15) is 4.39 Å². The normalized spacial score (nSPS) is 12.0. The lowest BCUT2D eigenvalue weighted by Crippen LogP contribution is -2.43. The highest BCUT2D eigenvalue weighted by molar-refractivity contribution is 5.79. The molecular formula is C21H29FN4O2. The Morgan fingerprint density at radius 3 is 2.64 bits per heavy atom. The number of hydrogen-bond acceptors (Lipinski definition) is 4. The van der Waals surface area contributed by atoms with Crippen LogP contribution in [0.5, 0.6) is 5.88 Å². The molecule has 0 saturated carbocycles. The van der Waals surface area contributed by atoms with Crippen molar-refractivity contribution in [1.29, 1.82) is 0 Å². The molecule has 1 aromatic heterocycles. The molecular weight excluding hydrogens is 359 g/mol. The highest BCUT2D eigenvalue weighted by Crippen LogP contribution is 2.22. The standard InChI is InChI=1S/C21H29FN4O2/c1-21(2,17-6-5-7-18(22)12-17)15-26-20(23-3)25-14-16-8-9-19(24-13-16)28-11-10-27-4/h5-9,12-13H,10-11,14-15H2,1-4H3,(H2,23,25,26). The largest absolute Gasteiger partial charge is 0.475 e. The Morgan fingerprint density at radius 1 is 1.18 bits per heavy atom. The van der Waals surface area contributed by atoms with E-state index in [0.29, 0.717) is 38.1 Å². The number of nitrogens with zero attached hydrogens (tertiary/aromatic N) is 2. The van der Waals surface area contributed by atoms with Crippen LogP contribution in [0.3, 0.4) is 0 Å². The molecule has 2 rings (SSSR count). The summed E-state index contributed by atoms with van der Waals surface area (Å²) in [5.41, 5.74) is 1.69. The second-order valence-electron chi connectivity index (χ2n) is 7.02. The summed E-state index contributed by atoms with van der Waals surface area (Å²) in [5, 5.41) is 6.56. The average molecular weight is 388 g/mol. The molecule has 0 aliphatic carbocycles. The Hall–Kier alpha value is -2.67. The summed E-state index contributed by atoms with van der Waals surface area (Å²) in [6, 6.07) is 10.5. The predicted octanol–water partition coefficient (Wildman–Crippen LogP) is 2.89. The SMILES string of the molecule is CN=C(NCc1ccc(OCCOC)nc1)NCC(C)(C)c1cccc(F)c1. The molecule has 0 saturated heterocycles. The van der Waals surface area contributed by atoms with Gasteiger partial charge in [0.15, 0.2) is 5.96 Å². The van der Waals surface area contributed by atoms with Crippen LogP contribution >= 0.6 is 0 Å². The molecule has 0 aliphatic heterocycles. The summed E-state index contributed by atoms with van der Waals surface area (Å²) >= 11 is 0. The third kappa shape index (κ3) is 6.81. The van der Waals surface area contributed by atoms with Crippen molar-refractivity contribution in [2.45, 2.75) is 25.8 Å². The van der Waals surface area contributed by atoms with Crippen molar-refractivity contribution in [3.05, 3.63) is 59.5 Å². The van der Waals surface area contributed by atoms with E-state index in [1.54, 1.807) is 32.5 Å². The maximum absolute atomic E-state index is 13.5. The fourth-order valence-electron chi connectivity index (χ4n) is 2.55. The van der Waals surface area contributed by atoms with E-state index in [-0.39, 0.29) is 11.2 Å². The highest BCUT2D eigenvalue weighted by atomic mass is 19.1. The number of halogens is 1. The topological polar surface area (TPSA) is 67.8 Å². The van der Waals surface area contributed by atoms with Gasteiger partial charge in [-0.25, -0.2) is 9.37 Å². The van der Waals surface area contributed by atoms with Crippen LogP contribution in [0.4, 0.5) is 4.39 Å². The highest BCUT2D eigenvalue weighted by Gasteiger charge is 2.21. The Labute approximate surface area is 166 Å². The van der Waals surface area contributed by atoms with E-state index in [1.165, 1.54) is 6.07 Å². The number of methoxy groups -OCH3 is 1. The molecule has 1 aromatic carbocycles. The first-order valence-electron chi connectivity index (χ1n) is 9.22. The second kappa shape index (κ2) is 10.6. The predicted molar refractivity (Wildman–Crippen MR) is 109 cm³/mol. The van der Waals surface area contributed by atoms with Gasteiger partial charge in [0.05, 0.1) is 6.61 Å². The first-order chi connectivity index (χ1) is 13.4. The molecule has 0 atom stereocenters. The van der Waals surface area contributed by atoms with Gasteiger partial charge in [0.25, 0.3) is 0 Å². The molecule has 0 aliphatic rings. The zero-order valence-corrected chi connectivity index (χ0v) is 17.0. The number of guanidine groups is 1. The van der Waals surface area contributed by atoms with Crippen LogP contribution in [0.25, 0.3) is 0 Å². The molecule has 1 heterocycles. The minimum atomic E-state index is -0.248. The van der Waals surface area contributed by atoms with Gasteiger partial charge < -0.3 is 20.1 Å². The van der Waals surface area contributed by atoms with E-state index >= 15 is 0 Å². The van der Waals surface area contributed by atoms with Crippen molar-refractivity contribution >= 4 is 5.96 Å². The average Bonchev–Trinajstić information content (AvgIpc) is 2.69. The number of pyridine rings is 1. The first-order valence-corrected chi connectivity index (χ1v) is 9.22. The Kier molecular flexibility index (Phi) is 8.19. The van der Waals surface area contributed by atoms with Crippen molar-refractivity contribution < 1.29 is 13.9 Å². The summed E-state index contributed by atoms with van der Waals surface area (Å²) in [6.45, 7) is 6.31. The molecule has 0 spiro atoms. The lowest BCUT2D eigenvalue weighted by atomic mass is 9.84. The van der Waals surface area contributed by atoms with Gasteiger partial charge >= 0.3 is 0 Å². The van der Waals surface area contributed by atoms with Crippen LogP contribution in [0.15, 0.2) is 47.6 Å². The van der Waals surface area contributed by atoms with Crippen molar-refractivity contribution in [3.8, 4) is 5.88 Å². The van der Waals surface area contributed by atoms with Crippen LogP contribution in [-0.2, 0) is 16.7 Å². The van der Waals surface area contributed by atoms with Crippen molar-refractivity contribution in [1.82, 2.24) is 15.6 Å². The number of ether oxygens (including phenoxy) is 2. The van der Waals surface area contributed by atoms with Gasteiger partial charge in [0.1, 0.15) is 12.4 Å². The van der Waals surface area contributed by atoms with Crippen molar-refractivity contribution in [2.24, 2.45) is 4.99 Å². The van der Waals surface area contributed by atoms with Crippen LogP contribution < -0.4 is 15.4 Å². The Bertz CT molecular complexity index is 763. The molecule has 0 bridgehead atoms. The number of nitrogens with one attached hydrogen (secondary N) is 2. The first kappa shape index (κ1) is 21.6. The zero-order valence-electron chi connectivity index (χ0n) is 17.0. The molecule has 0 radical (unpaired) electrons. The van der Waals surface area contributed by atoms with Crippen LogP contribution in [0.1, 0.15) is 25.0 Å². The molecule has 2 aromatic rings. The monoisotopic (exact) mass is 388 g/mol. The number of hydrogen-bond donors (Lipinski definition) is 2. The molecule has 152 valence electrons. The number of rotatable bonds is 9. The van der Waals surface area contributed by atoms with Gasteiger partial charge in [0, 0.05) is 44.9 Å². The maximum Gasteiger partial charge on any atom is 0.213 e. The minimum absolute atomic E-state index is 0.227. The third-order valence-electron chi connectivity index (χ3n) is 4.32. The van der Waals surface area contributed by atoms with Crippen LogP contribution in [0.2, 0.25) is 0 Å². The fraction of sp³-hybridized carbons (Fsp3) is 0.429. The van der Waals surface area contributed by atoms with Gasteiger partial charge in [0.2, 0.25) is 5.88 Å². The molecule has 6 nitrogen and oxygen atoms in total. The fourth-order valence-corrected chi connectivity index (χ4v) is 2.55. The van der Waals surface area contributed by atoms with Crippen molar-refractivity contribution in [3.63, 3.8) is 0 Å². The van der Waals surface area contributed by atoms with Gasteiger partial charge in [-0.2, -0.15) is 0 Å². The molecule has 7 heteroatoms. The molecule has 2 N–H and O–H groups in total. The van der Waals surface area contributed by atoms with Gasteiger partial charge in [-0.1, -0.05) is 32.0 Å². The summed E-state index contributed by atoms with van der Waals surface area (Å²) in [4.78, 5) is 8.52. The summed E-state index contributed by atoms with van der Waals surface area (Å²) < 4.78 is 23.9. The van der Waals surface area contributed by atoms with Gasteiger partial charge in [-0.15, -0.1) is 0 Å². The smallest absolute Gasteiger partial charge is 0.213 e. The third-order valence-corrected chi connectivity index (χ3v) is 4.32. The molecule has 0 amide bonds. The van der Waals surface area contributed by atoms with E-state index in [4.69, 9.17) is 9.47 Å². The van der Waals surface area contributed by atoms with Gasteiger partial charge in [-0.3, -0.25) is 4.99 Å². The lowest BCUT2D eigenvalue weighted by molar-refractivity contribution is 0.143. The van der Waals surface area contributed by atoms with E-state index in [1.807, 2.05) is 18.2 Å². The number of aromatic nitrogens is 1. The maximum atomic E-state index is 13.5. The van der Waals surface area contributed by atoms with E-state index in [2.05, 4.69) is 34.5 Å². The Morgan fingerprint density at radius 2 is 2.00 bits per heavy atom. The minimum Gasteiger partial charge on any atom is -0.475 e. The Balaban J connectivity index is 1.84. The molecule has 0 unspecified atom stereocenters. The van der Waals surface area contributed by atoms with E-state index < -0.39 is 0 Å².